The normalized spacial score (nSPS) is 11.6. The minimum atomic E-state index is -1.39. The second-order valence-electron chi connectivity index (χ2n) is 3.37. The van der Waals surface area contributed by atoms with Gasteiger partial charge >= 0.3 is 12.0 Å². The Balaban J connectivity index is 2.59. The van der Waals surface area contributed by atoms with Gasteiger partial charge in [0.05, 0.1) is 6.42 Å². The van der Waals surface area contributed by atoms with Crippen molar-refractivity contribution >= 4 is 23.9 Å². The van der Waals surface area contributed by atoms with Crippen molar-refractivity contribution in [2.75, 3.05) is 5.32 Å². The molecule has 0 spiro atoms. The number of primary amides is 1. The van der Waals surface area contributed by atoms with Crippen LogP contribution in [0.2, 0.25) is 0 Å². The average molecular weight is 256 g/mol. The largest absolute Gasteiger partial charge is 0.480 e. The van der Waals surface area contributed by atoms with Crippen molar-refractivity contribution in [2.45, 2.75) is 12.5 Å². The summed E-state index contributed by atoms with van der Waals surface area (Å²) in [7, 11) is 1.54. The van der Waals surface area contributed by atoms with E-state index in [2.05, 4.69) is 20.7 Å². The van der Waals surface area contributed by atoms with Gasteiger partial charge in [-0.1, -0.05) is 0 Å². The number of hydrogen-bond donors (Lipinski definition) is 4. The van der Waals surface area contributed by atoms with Gasteiger partial charge in [0, 0.05) is 7.05 Å². The van der Waals surface area contributed by atoms with Crippen LogP contribution in [0.25, 0.3) is 0 Å². The van der Waals surface area contributed by atoms with E-state index in [0.29, 0.717) is 0 Å². The summed E-state index contributed by atoms with van der Waals surface area (Å²) in [5.41, 5.74) is 4.87. The van der Waals surface area contributed by atoms with Gasteiger partial charge in [0.15, 0.2) is 0 Å². The number of carbonyl (C=O) groups is 3. The second-order valence-corrected chi connectivity index (χ2v) is 3.37. The molecule has 1 aromatic rings. The molecule has 0 aliphatic carbocycles. The third-order valence-electron chi connectivity index (χ3n) is 1.95. The molecule has 18 heavy (non-hydrogen) atoms. The molecule has 0 aliphatic heterocycles. The first-order valence-electron chi connectivity index (χ1n) is 4.82. The molecule has 0 aliphatic rings. The number of carboxylic acids is 1. The Hall–Kier alpha value is -2.65. The van der Waals surface area contributed by atoms with E-state index in [4.69, 9.17) is 10.8 Å². The molecule has 3 amide bonds. The number of aryl methyl sites for hydroxylation is 1. The van der Waals surface area contributed by atoms with Gasteiger partial charge in [0.1, 0.15) is 12.4 Å². The summed E-state index contributed by atoms with van der Waals surface area (Å²) in [6, 6.07) is -2.21. The molecule has 0 bridgehead atoms. The lowest BCUT2D eigenvalue weighted by atomic mass is 10.2. The van der Waals surface area contributed by atoms with E-state index in [1.807, 2.05) is 0 Å². The first-order valence-corrected chi connectivity index (χ1v) is 4.82. The highest BCUT2D eigenvalue weighted by Gasteiger charge is 2.22. The van der Waals surface area contributed by atoms with Crippen LogP contribution in [0.3, 0.4) is 0 Å². The maximum Gasteiger partial charge on any atom is 0.326 e. The van der Waals surface area contributed by atoms with Crippen molar-refractivity contribution in [1.29, 1.82) is 0 Å². The zero-order valence-electron chi connectivity index (χ0n) is 9.45. The Morgan fingerprint density at radius 2 is 2.22 bits per heavy atom. The summed E-state index contributed by atoms with van der Waals surface area (Å²) in [5, 5.41) is 16.8. The number of nitrogens with zero attached hydrogens (tertiary/aromatic N) is 3. The van der Waals surface area contributed by atoms with Gasteiger partial charge in [-0.25, -0.2) is 14.3 Å². The van der Waals surface area contributed by atoms with Crippen LogP contribution < -0.4 is 16.4 Å². The third-order valence-corrected chi connectivity index (χ3v) is 1.95. The molecular formula is C8H12N6O4. The number of urea groups is 1. The number of aromatic nitrogens is 3. The van der Waals surface area contributed by atoms with Crippen molar-refractivity contribution in [3.63, 3.8) is 0 Å². The summed E-state index contributed by atoms with van der Waals surface area (Å²) < 4.78 is 1.28. The number of hydrogen-bond acceptors (Lipinski definition) is 5. The Morgan fingerprint density at radius 1 is 1.56 bits per heavy atom. The molecule has 1 heterocycles. The fourth-order valence-electron chi connectivity index (χ4n) is 1.11. The van der Waals surface area contributed by atoms with E-state index in [1.165, 1.54) is 11.0 Å². The van der Waals surface area contributed by atoms with Gasteiger partial charge in [-0.3, -0.25) is 10.1 Å². The van der Waals surface area contributed by atoms with Crippen molar-refractivity contribution in [1.82, 2.24) is 20.1 Å². The summed E-state index contributed by atoms with van der Waals surface area (Å²) in [5.74, 6) is -2.06. The Morgan fingerprint density at radius 3 is 2.67 bits per heavy atom. The predicted octanol–water partition coefficient (Wildman–Crippen LogP) is -1.73. The number of rotatable bonds is 5. The van der Waals surface area contributed by atoms with Crippen molar-refractivity contribution < 1.29 is 19.5 Å². The number of aliphatic carboxylic acids is 1. The van der Waals surface area contributed by atoms with E-state index in [-0.39, 0.29) is 5.95 Å². The maximum absolute atomic E-state index is 11.4. The van der Waals surface area contributed by atoms with Crippen LogP contribution in [-0.2, 0) is 16.6 Å². The van der Waals surface area contributed by atoms with Crippen LogP contribution in [0, 0.1) is 0 Å². The molecular weight excluding hydrogens is 244 g/mol. The highest BCUT2D eigenvalue weighted by Crippen LogP contribution is 1.98. The summed E-state index contributed by atoms with van der Waals surface area (Å²) in [4.78, 5) is 36.5. The van der Waals surface area contributed by atoms with Gasteiger partial charge in [-0.15, -0.1) is 0 Å². The number of amides is 3. The smallest absolute Gasteiger partial charge is 0.326 e. The monoisotopic (exact) mass is 256 g/mol. The molecule has 0 radical (unpaired) electrons. The van der Waals surface area contributed by atoms with E-state index in [9.17, 15) is 14.4 Å². The summed E-state index contributed by atoms with van der Waals surface area (Å²) in [6.45, 7) is 0. The molecule has 10 nitrogen and oxygen atoms in total. The zero-order valence-corrected chi connectivity index (χ0v) is 9.45. The standard InChI is InChI=1S/C8H12N6O4/c1-14-7(10-3-11-14)13-8(18)12-4(6(16)17)2-5(9)15/h3-4H,2H2,1H3,(H2,9,15)(H,16,17)(H2,10,11,12,13,18). The first kappa shape index (κ1) is 13.4. The lowest BCUT2D eigenvalue weighted by molar-refractivity contribution is -0.140. The summed E-state index contributed by atoms with van der Waals surface area (Å²) in [6.07, 6.45) is 0.718. The molecule has 0 aromatic carbocycles. The van der Waals surface area contributed by atoms with Crippen molar-refractivity contribution in [2.24, 2.45) is 12.8 Å². The number of anilines is 1. The number of carboxylic acid groups (broad SMARTS) is 1. The summed E-state index contributed by atoms with van der Waals surface area (Å²) >= 11 is 0. The SMILES string of the molecule is Cn1ncnc1NC(=O)NC(CC(N)=O)C(=O)O. The fourth-order valence-corrected chi connectivity index (χ4v) is 1.11. The van der Waals surface area contributed by atoms with Gasteiger partial charge in [0.25, 0.3) is 0 Å². The molecule has 10 heteroatoms. The maximum atomic E-state index is 11.4. The lowest BCUT2D eigenvalue weighted by Gasteiger charge is -2.12. The van der Waals surface area contributed by atoms with Gasteiger partial charge in [-0.05, 0) is 0 Å². The minimum Gasteiger partial charge on any atom is -0.480 e. The van der Waals surface area contributed by atoms with E-state index >= 15 is 0 Å². The molecule has 1 unspecified atom stereocenters. The third kappa shape index (κ3) is 3.73. The van der Waals surface area contributed by atoms with Gasteiger partial charge in [0.2, 0.25) is 11.9 Å². The quantitative estimate of drug-likeness (QED) is 0.491. The van der Waals surface area contributed by atoms with E-state index < -0.39 is 30.4 Å². The minimum absolute atomic E-state index is 0.135. The van der Waals surface area contributed by atoms with E-state index in [0.717, 1.165) is 0 Å². The molecule has 1 rings (SSSR count). The molecule has 5 N–H and O–H groups in total. The predicted molar refractivity (Wildman–Crippen MR) is 58.4 cm³/mol. The lowest BCUT2D eigenvalue weighted by Crippen LogP contribution is -2.45. The molecule has 1 aromatic heterocycles. The fraction of sp³-hybridized carbons (Fsp3) is 0.375. The Kier molecular flexibility index (Phi) is 4.18. The molecule has 0 fully saturated rings. The Bertz CT molecular complexity index is 470. The van der Waals surface area contributed by atoms with Crippen LogP contribution in [0.4, 0.5) is 10.7 Å². The van der Waals surface area contributed by atoms with Gasteiger partial charge < -0.3 is 16.2 Å². The highest BCUT2D eigenvalue weighted by molar-refractivity contribution is 5.92. The number of nitrogens with one attached hydrogen (secondary N) is 2. The second kappa shape index (κ2) is 5.61. The number of carbonyl (C=O) groups excluding carboxylic acids is 2. The van der Waals surface area contributed by atoms with Crippen LogP contribution in [-0.4, -0.2) is 43.8 Å². The molecule has 98 valence electrons. The highest BCUT2D eigenvalue weighted by atomic mass is 16.4. The van der Waals surface area contributed by atoms with E-state index in [1.54, 1.807) is 7.05 Å². The van der Waals surface area contributed by atoms with Crippen molar-refractivity contribution in [3.8, 4) is 0 Å². The number of nitrogens with two attached hydrogens (primary N) is 1. The molecule has 0 saturated carbocycles. The Labute approximate surface area is 101 Å². The van der Waals surface area contributed by atoms with Crippen LogP contribution >= 0.6 is 0 Å². The van der Waals surface area contributed by atoms with Crippen LogP contribution in [0.1, 0.15) is 6.42 Å². The first-order chi connectivity index (χ1) is 8.40. The van der Waals surface area contributed by atoms with Gasteiger partial charge in [-0.2, -0.15) is 10.1 Å². The molecule has 0 saturated heterocycles. The average Bonchev–Trinajstić information content (AvgIpc) is 2.62. The van der Waals surface area contributed by atoms with Crippen LogP contribution in [0.5, 0.6) is 0 Å². The molecule has 1 atom stereocenters. The van der Waals surface area contributed by atoms with Crippen LogP contribution in [0.15, 0.2) is 6.33 Å². The zero-order chi connectivity index (χ0) is 13.7. The topological polar surface area (TPSA) is 152 Å². The van der Waals surface area contributed by atoms with Crippen molar-refractivity contribution in [3.05, 3.63) is 6.33 Å².